The van der Waals surface area contributed by atoms with Crippen LogP contribution < -0.4 is 5.73 Å². The molecule has 0 aliphatic rings. The molecule has 1 unspecified atom stereocenters. The highest BCUT2D eigenvalue weighted by atomic mass is 16.5. The van der Waals surface area contributed by atoms with Gasteiger partial charge in [-0.15, -0.1) is 0 Å². The van der Waals surface area contributed by atoms with Gasteiger partial charge in [-0.05, 0) is 6.92 Å². The maximum Gasteiger partial charge on any atom is 0.229 e. The predicted octanol–water partition coefficient (Wildman–Crippen LogP) is 1.08. The van der Waals surface area contributed by atoms with Gasteiger partial charge < -0.3 is 10.3 Å². The van der Waals surface area contributed by atoms with Gasteiger partial charge in [0.1, 0.15) is 0 Å². The molecule has 0 amide bonds. The van der Waals surface area contributed by atoms with Crippen LogP contribution in [-0.4, -0.2) is 16.2 Å². The third-order valence-corrected chi connectivity index (χ3v) is 1.48. The van der Waals surface area contributed by atoms with Crippen molar-refractivity contribution >= 4 is 0 Å². The first-order chi connectivity index (χ1) is 5.59. The van der Waals surface area contributed by atoms with Gasteiger partial charge in [-0.1, -0.05) is 19.0 Å². The van der Waals surface area contributed by atoms with Gasteiger partial charge in [-0.25, -0.2) is 0 Å². The average molecular weight is 169 g/mol. The molecule has 0 saturated carbocycles. The Morgan fingerprint density at radius 1 is 1.42 bits per heavy atom. The van der Waals surface area contributed by atoms with Crippen molar-refractivity contribution < 1.29 is 4.52 Å². The van der Waals surface area contributed by atoms with Gasteiger partial charge in [0.15, 0.2) is 5.82 Å². The number of aromatic nitrogens is 2. The first-order valence-electron chi connectivity index (χ1n) is 4.17. The van der Waals surface area contributed by atoms with Gasteiger partial charge in [0.05, 0.1) is 0 Å². The average Bonchev–Trinajstić information content (AvgIpc) is 2.34. The Kier molecular flexibility index (Phi) is 2.81. The SMILES string of the molecule is CC(N)Cc1noc(C(C)C)n1. The molecule has 12 heavy (non-hydrogen) atoms. The number of nitrogens with zero attached hydrogens (tertiary/aromatic N) is 2. The molecule has 1 rings (SSSR count). The summed E-state index contributed by atoms with van der Waals surface area (Å²) >= 11 is 0. The quantitative estimate of drug-likeness (QED) is 0.735. The van der Waals surface area contributed by atoms with E-state index in [1.54, 1.807) is 0 Å². The first kappa shape index (κ1) is 9.19. The molecular weight excluding hydrogens is 154 g/mol. The van der Waals surface area contributed by atoms with Crippen molar-refractivity contribution in [3.8, 4) is 0 Å². The molecular formula is C8H15N3O. The van der Waals surface area contributed by atoms with Gasteiger partial charge in [0.25, 0.3) is 0 Å². The highest BCUT2D eigenvalue weighted by Gasteiger charge is 2.10. The molecule has 68 valence electrons. The Hall–Kier alpha value is -0.900. The third-order valence-electron chi connectivity index (χ3n) is 1.48. The molecule has 4 nitrogen and oxygen atoms in total. The minimum atomic E-state index is 0.0858. The molecule has 0 spiro atoms. The van der Waals surface area contributed by atoms with E-state index in [4.69, 9.17) is 10.3 Å². The largest absolute Gasteiger partial charge is 0.339 e. The molecule has 1 aromatic rings. The molecule has 0 saturated heterocycles. The van der Waals surface area contributed by atoms with E-state index in [0.717, 1.165) is 0 Å². The zero-order valence-electron chi connectivity index (χ0n) is 7.74. The lowest BCUT2D eigenvalue weighted by atomic mass is 10.2. The molecule has 0 fully saturated rings. The van der Waals surface area contributed by atoms with Crippen LogP contribution in [0.25, 0.3) is 0 Å². The van der Waals surface area contributed by atoms with Crippen molar-refractivity contribution in [2.45, 2.75) is 39.2 Å². The molecule has 4 heteroatoms. The molecule has 0 aliphatic heterocycles. The van der Waals surface area contributed by atoms with Crippen LogP contribution in [-0.2, 0) is 6.42 Å². The van der Waals surface area contributed by atoms with Crippen molar-refractivity contribution in [2.75, 3.05) is 0 Å². The summed E-state index contributed by atoms with van der Waals surface area (Å²) in [5, 5.41) is 3.81. The van der Waals surface area contributed by atoms with Gasteiger partial charge in [0, 0.05) is 18.4 Å². The summed E-state index contributed by atoms with van der Waals surface area (Å²) in [6.07, 6.45) is 0.677. The van der Waals surface area contributed by atoms with E-state index < -0.39 is 0 Å². The van der Waals surface area contributed by atoms with Gasteiger partial charge in [-0.2, -0.15) is 4.98 Å². The summed E-state index contributed by atoms with van der Waals surface area (Å²) in [4.78, 5) is 4.19. The van der Waals surface area contributed by atoms with E-state index in [2.05, 4.69) is 10.1 Å². The fourth-order valence-electron chi connectivity index (χ4n) is 0.873. The second-order valence-electron chi connectivity index (χ2n) is 3.38. The lowest BCUT2D eigenvalue weighted by Crippen LogP contribution is -2.18. The molecule has 0 aromatic carbocycles. The first-order valence-corrected chi connectivity index (χ1v) is 4.17. The van der Waals surface area contributed by atoms with Crippen molar-refractivity contribution in [1.29, 1.82) is 0 Å². The summed E-state index contributed by atoms with van der Waals surface area (Å²) in [7, 11) is 0. The number of nitrogens with two attached hydrogens (primary N) is 1. The second kappa shape index (κ2) is 3.67. The Labute approximate surface area is 72.1 Å². The van der Waals surface area contributed by atoms with E-state index in [0.29, 0.717) is 24.1 Å². The Morgan fingerprint density at radius 3 is 2.50 bits per heavy atom. The topological polar surface area (TPSA) is 64.9 Å². The van der Waals surface area contributed by atoms with Crippen LogP contribution in [0.15, 0.2) is 4.52 Å². The van der Waals surface area contributed by atoms with Crippen LogP contribution in [0.4, 0.5) is 0 Å². The van der Waals surface area contributed by atoms with Crippen molar-refractivity contribution in [3.05, 3.63) is 11.7 Å². The van der Waals surface area contributed by atoms with Gasteiger partial charge in [-0.3, -0.25) is 0 Å². The third kappa shape index (κ3) is 2.30. The van der Waals surface area contributed by atoms with Gasteiger partial charge >= 0.3 is 0 Å². The van der Waals surface area contributed by atoms with E-state index in [1.807, 2.05) is 20.8 Å². The van der Waals surface area contributed by atoms with E-state index in [9.17, 15) is 0 Å². The van der Waals surface area contributed by atoms with Crippen LogP contribution in [0.1, 0.15) is 38.4 Å². The summed E-state index contributed by atoms with van der Waals surface area (Å²) in [6, 6.07) is 0.0858. The summed E-state index contributed by atoms with van der Waals surface area (Å²) in [5.41, 5.74) is 5.59. The van der Waals surface area contributed by atoms with Crippen LogP contribution >= 0.6 is 0 Å². The normalized spacial score (nSPS) is 13.8. The molecule has 0 aliphatic carbocycles. The van der Waals surface area contributed by atoms with Crippen LogP contribution in [0.3, 0.4) is 0 Å². The van der Waals surface area contributed by atoms with Crippen LogP contribution in [0, 0.1) is 0 Å². The van der Waals surface area contributed by atoms with Gasteiger partial charge in [0.2, 0.25) is 5.89 Å². The molecule has 0 radical (unpaired) electrons. The lowest BCUT2D eigenvalue weighted by molar-refractivity contribution is 0.360. The minimum Gasteiger partial charge on any atom is -0.339 e. The number of hydrogen-bond acceptors (Lipinski definition) is 4. The maximum absolute atomic E-state index is 5.59. The Bertz CT molecular complexity index is 242. The van der Waals surface area contributed by atoms with Crippen LogP contribution in [0.2, 0.25) is 0 Å². The van der Waals surface area contributed by atoms with Crippen LogP contribution in [0.5, 0.6) is 0 Å². The summed E-state index contributed by atoms with van der Waals surface area (Å²) in [6.45, 7) is 5.96. The zero-order chi connectivity index (χ0) is 9.14. The van der Waals surface area contributed by atoms with Crippen molar-refractivity contribution in [3.63, 3.8) is 0 Å². The fourth-order valence-corrected chi connectivity index (χ4v) is 0.873. The standard InChI is InChI=1S/C8H15N3O/c1-5(2)8-10-7(11-12-8)4-6(3)9/h5-6H,4,9H2,1-3H3. The molecule has 1 atom stereocenters. The highest BCUT2D eigenvalue weighted by molar-refractivity contribution is 4.92. The Morgan fingerprint density at radius 2 is 2.08 bits per heavy atom. The monoisotopic (exact) mass is 169 g/mol. The molecule has 0 bridgehead atoms. The van der Waals surface area contributed by atoms with Crippen molar-refractivity contribution in [2.24, 2.45) is 5.73 Å². The lowest BCUT2D eigenvalue weighted by Gasteiger charge is -1.97. The van der Waals surface area contributed by atoms with E-state index in [-0.39, 0.29) is 6.04 Å². The molecule has 1 aromatic heterocycles. The maximum atomic E-state index is 5.59. The van der Waals surface area contributed by atoms with E-state index in [1.165, 1.54) is 0 Å². The van der Waals surface area contributed by atoms with Crippen molar-refractivity contribution in [1.82, 2.24) is 10.1 Å². The van der Waals surface area contributed by atoms with E-state index >= 15 is 0 Å². The Balaban J connectivity index is 2.64. The fraction of sp³-hybridized carbons (Fsp3) is 0.750. The summed E-state index contributed by atoms with van der Waals surface area (Å²) in [5.74, 6) is 1.68. The molecule has 1 heterocycles. The number of hydrogen-bond donors (Lipinski definition) is 1. The summed E-state index contributed by atoms with van der Waals surface area (Å²) < 4.78 is 5.01. The molecule has 2 N–H and O–H groups in total. The number of rotatable bonds is 3. The highest BCUT2D eigenvalue weighted by Crippen LogP contribution is 2.11. The zero-order valence-corrected chi connectivity index (χ0v) is 7.74. The second-order valence-corrected chi connectivity index (χ2v) is 3.38. The predicted molar refractivity (Wildman–Crippen MR) is 45.7 cm³/mol. The minimum absolute atomic E-state index is 0.0858. The smallest absolute Gasteiger partial charge is 0.229 e.